The molecule has 0 saturated heterocycles. The molecule has 0 unspecified atom stereocenters. The van der Waals surface area contributed by atoms with Crippen molar-refractivity contribution in [2.75, 3.05) is 26.6 Å². The fraction of sp³-hybridized carbons (Fsp3) is 0.240. The number of aryl methyl sites for hydroxylation is 1. The first-order chi connectivity index (χ1) is 16.3. The lowest BCUT2D eigenvalue weighted by molar-refractivity contribution is -0.117. The Hall–Kier alpha value is -3.56. The van der Waals surface area contributed by atoms with Gasteiger partial charge in [-0.3, -0.25) is 4.79 Å². The van der Waals surface area contributed by atoms with Gasteiger partial charge in [-0.1, -0.05) is 36.4 Å². The van der Waals surface area contributed by atoms with Crippen molar-refractivity contribution in [2.24, 2.45) is 0 Å². The number of sulfonamides is 1. The van der Waals surface area contributed by atoms with Gasteiger partial charge in [-0.25, -0.2) is 8.42 Å². The lowest BCUT2D eigenvalue weighted by Gasteiger charge is -2.21. The minimum absolute atomic E-state index is 0.0390. The maximum atomic E-state index is 13.3. The summed E-state index contributed by atoms with van der Waals surface area (Å²) in [6, 6.07) is 17.8. The average molecular weight is 485 g/mol. The maximum Gasteiger partial charge on any atom is 0.245 e. The van der Waals surface area contributed by atoms with Crippen LogP contribution in [0.4, 0.5) is 5.69 Å². The molecule has 1 atom stereocenters. The molecule has 0 saturated carbocycles. The Bertz CT molecular complexity index is 1250. The summed E-state index contributed by atoms with van der Waals surface area (Å²) in [5, 5.41) is 2.77. The number of hydrogen-bond acceptors (Lipinski definition) is 6. The van der Waals surface area contributed by atoms with E-state index >= 15 is 0 Å². The summed E-state index contributed by atoms with van der Waals surface area (Å²) in [6.07, 6.45) is 0.137. The molecule has 0 aliphatic heterocycles. The third-order valence-electron chi connectivity index (χ3n) is 5.17. The molecule has 2 N–H and O–H groups in total. The van der Waals surface area contributed by atoms with Gasteiger partial charge in [-0.05, 0) is 48.7 Å². The normalized spacial score (nSPS) is 12.0. The largest absolute Gasteiger partial charge is 0.497 e. The van der Waals surface area contributed by atoms with Crippen LogP contribution in [0.25, 0.3) is 0 Å². The summed E-state index contributed by atoms with van der Waals surface area (Å²) in [5.74, 6) is 0.591. The van der Waals surface area contributed by atoms with E-state index in [0.29, 0.717) is 17.2 Å². The maximum absolute atomic E-state index is 13.3. The van der Waals surface area contributed by atoms with E-state index in [0.717, 1.165) is 11.1 Å². The first kappa shape index (κ1) is 25.1. The van der Waals surface area contributed by atoms with Crippen molar-refractivity contribution < 1.29 is 27.4 Å². The number of rotatable bonds is 10. The molecule has 1 amide bonds. The lowest BCUT2D eigenvalue weighted by Crippen LogP contribution is -2.45. The molecule has 0 aliphatic rings. The number of nitrogens with one attached hydrogen (secondary N) is 2. The molecular weight excluding hydrogens is 456 g/mol. The summed E-state index contributed by atoms with van der Waals surface area (Å²) < 4.78 is 45.0. The van der Waals surface area contributed by atoms with E-state index < -0.39 is 22.0 Å². The zero-order chi connectivity index (χ0) is 24.7. The quantitative estimate of drug-likeness (QED) is 0.456. The Labute approximate surface area is 199 Å². The van der Waals surface area contributed by atoms with Gasteiger partial charge >= 0.3 is 0 Å². The number of ether oxygens (including phenoxy) is 3. The number of benzene rings is 3. The van der Waals surface area contributed by atoms with E-state index in [-0.39, 0.29) is 17.1 Å². The van der Waals surface area contributed by atoms with Crippen molar-refractivity contribution in [2.45, 2.75) is 24.3 Å². The van der Waals surface area contributed by atoms with E-state index in [2.05, 4.69) is 10.0 Å². The second kappa shape index (κ2) is 11.0. The zero-order valence-electron chi connectivity index (χ0n) is 19.5. The smallest absolute Gasteiger partial charge is 0.245 e. The molecule has 0 spiro atoms. The predicted molar refractivity (Wildman–Crippen MR) is 130 cm³/mol. The number of carbonyl (C=O) groups excluding carboxylic acids is 1. The molecule has 0 aliphatic carbocycles. The Morgan fingerprint density at radius 2 is 1.59 bits per heavy atom. The Kier molecular flexibility index (Phi) is 8.14. The summed E-state index contributed by atoms with van der Waals surface area (Å²) in [4.78, 5) is 13.3. The minimum atomic E-state index is -4.10. The second-order valence-corrected chi connectivity index (χ2v) is 9.26. The highest BCUT2D eigenvalue weighted by molar-refractivity contribution is 7.89. The molecule has 0 radical (unpaired) electrons. The summed E-state index contributed by atoms with van der Waals surface area (Å²) in [6.45, 7) is 1.78. The van der Waals surface area contributed by atoms with Crippen molar-refractivity contribution in [1.82, 2.24) is 4.72 Å². The summed E-state index contributed by atoms with van der Waals surface area (Å²) in [5.41, 5.74) is 1.93. The van der Waals surface area contributed by atoms with Gasteiger partial charge in [0.15, 0.2) is 0 Å². The Morgan fingerprint density at radius 1 is 0.882 bits per heavy atom. The van der Waals surface area contributed by atoms with Crippen molar-refractivity contribution in [3.8, 4) is 17.2 Å². The number of anilines is 1. The molecule has 8 nitrogen and oxygen atoms in total. The van der Waals surface area contributed by atoms with Gasteiger partial charge in [-0.15, -0.1) is 0 Å². The SMILES string of the molecule is COc1ccc(NC(=O)[C@H](Cc2ccccc2)NS(=O)(=O)c2cc(C)ccc2OC)c(OC)c1. The van der Waals surface area contributed by atoms with Crippen LogP contribution in [0.2, 0.25) is 0 Å². The highest BCUT2D eigenvalue weighted by Gasteiger charge is 2.29. The van der Waals surface area contributed by atoms with Crippen molar-refractivity contribution in [3.63, 3.8) is 0 Å². The van der Waals surface area contributed by atoms with E-state index in [9.17, 15) is 13.2 Å². The van der Waals surface area contributed by atoms with Crippen LogP contribution in [0.1, 0.15) is 11.1 Å². The van der Waals surface area contributed by atoms with Crippen LogP contribution < -0.4 is 24.2 Å². The topological polar surface area (TPSA) is 103 Å². The van der Waals surface area contributed by atoms with Gasteiger partial charge in [0, 0.05) is 6.07 Å². The molecule has 34 heavy (non-hydrogen) atoms. The van der Waals surface area contributed by atoms with Gasteiger partial charge in [0.05, 0.1) is 27.0 Å². The van der Waals surface area contributed by atoms with E-state index in [1.165, 1.54) is 27.4 Å². The minimum Gasteiger partial charge on any atom is -0.497 e. The van der Waals surface area contributed by atoms with Gasteiger partial charge in [0.1, 0.15) is 28.2 Å². The predicted octanol–water partition coefficient (Wildman–Crippen LogP) is 3.55. The van der Waals surface area contributed by atoms with Gasteiger partial charge < -0.3 is 19.5 Å². The van der Waals surface area contributed by atoms with Crippen molar-refractivity contribution >= 4 is 21.6 Å². The van der Waals surface area contributed by atoms with Crippen molar-refractivity contribution in [3.05, 3.63) is 77.9 Å². The van der Waals surface area contributed by atoms with Crippen LogP contribution >= 0.6 is 0 Å². The van der Waals surface area contributed by atoms with E-state index in [4.69, 9.17) is 14.2 Å². The van der Waals surface area contributed by atoms with Gasteiger partial charge in [-0.2, -0.15) is 4.72 Å². The number of amides is 1. The van der Waals surface area contributed by atoms with Crippen molar-refractivity contribution in [1.29, 1.82) is 0 Å². The molecule has 0 bridgehead atoms. The van der Waals surface area contributed by atoms with Crippen LogP contribution in [0.15, 0.2) is 71.6 Å². The third kappa shape index (κ3) is 6.06. The fourth-order valence-electron chi connectivity index (χ4n) is 3.40. The molecule has 9 heteroatoms. The van der Waals surface area contributed by atoms with Crippen LogP contribution in [0.3, 0.4) is 0 Å². The molecular formula is C25H28N2O6S. The van der Waals surface area contributed by atoms with Crippen LogP contribution in [-0.4, -0.2) is 41.7 Å². The first-order valence-electron chi connectivity index (χ1n) is 10.5. The Balaban J connectivity index is 1.94. The van der Waals surface area contributed by atoms with E-state index in [1.807, 2.05) is 30.3 Å². The summed E-state index contributed by atoms with van der Waals surface area (Å²) in [7, 11) is 0.297. The molecule has 0 heterocycles. The number of carbonyl (C=O) groups is 1. The van der Waals surface area contributed by atoms with Crippen LogP contribution in [0, 0.1) is 6.92 Å². The average Bonchev–Trinajstić information content (AvgIpc) is 2.84. The number of methoxy groups -OCH3 is 3. The number of hydrogen-bond donors (Lipinski definition) is 2. The van der Waals surface area contributed by atoms with Crippen LogP contribution in [0.5, 0.6) is 17.2 Å². The van der Waals surface area contributed by atoms with Gasteiger partial charge in [0.2, 0.25) is 15.9 Å². The molecule has 3 aromatic carbocycles. The van der Waals surface area contributed by atoms with E-state index in [1.54, 1.807) is 37.3 Å². The lowest BCUT2D eigenvalue weighted by atomic mass is 10.1. The standard InChI is InChI=1S/C25H28N2O6S/c1-17-10-13-22(32-3)24(14-17)34(29,30)27-21(15-18-8-6-5-7-9-18)25(28)26-20-12-11-19(31-2)16-23(20)33-4/h5-14,16,21,27H,15H2,1-4H3,(H,26,28)/t21-/m0/s1. The summed E-state index contributed by atoms with van der Waals surface area (Å²) >= 11 is 0. The highest BCUT2D eigenvalue weighted by Crippen LogP contribution is 2.30. The molecule has 3 rings (SSSR count). The fourth-order valence-corrected chi connectivity index (χ4v) is 4.85. The second-order valence-electron chi connectivity index (χ2n) is 7.57. The zero-order valence-corrected chi connectivity index (χ0v) is 20.3. The third-order valence-corrected chi connectivity index (χ3v) is 6.66. The molecule has 0 aromatic heterocycles. The first-order valence-corrected chi connectivity index (χ1v) is 12.0. The Morgan fingerprint density at radius 3 is 2.24 bits per heavy atom. The monoisotopic (exact) mass is 484 g/mol. The van der Waals surface area contributed by atoms with Gasteiger partial charge in [0.25, 0.3) is 0 Å². The van der Waals surface area contributed by atoms with Crippen LogP contribution in [-0.2, 0) is 21.2 Å². The molecule has 3 aromatic rings. The highest BCUT2D eigenvalue weighted by atomic mass is 32.2. The molecule has 0 fully saturated rings. The molecule has 180 valence electrons.